The van der Waals surface area contributed by atoms with E-state index in [1.807, 2.05) is 12.1 Å². The van der Waals surface area contributed by atoms with Gasteiger partial charge in [0.1, 0.15) is 5.78 Å². The van der Waals surface area contributed by atoms with Crippen molar-refractivity contribution in [2.45, 2.75) is 38.5 Å². The van der Waals surface area contributed by atoms with Crippen LogP contribution in [0.25, 0.3) is 5.57 Å². The molecule has 1 aliphatic rings. The summed E-state index contributed by atoms with van der Waals surface area (Å²) in [6.07, 6.45) is 15.3. The monoisotopic (exact) mass is 532 g/mol. The van der Waals surface area contributed by atoms with Gasteiger partial charge in [-0.1, -0.05) is 127 Å². The molecule has 1 nitrogen and oxygen atoms in total. The molecule has 5 rings (SSSR count). The van der Waals surface area contributed by atoms with Crippen LogP contribution in [0.15, 0.2) is 134 Å². The summed E-state index contributed by atoms with van der Waals surface area (Å²) >= 11 is 0. The second-order valence-corrected chi connectivity index (χ2v) is 11.0. The lowest BCUT2D eigenvalue weighted by molar-refractivity contribution is -0.117. The number of ketones is 1. The highest BCUT2D eigenvalue weighted by atomic mass is 16.1. The zero-order valence-corrected chi connectivity index (χ0v) is 23.7. The molecule has 0 bridgehead atoms. The van der Waals surface area contributed by atoms with Crippen molar-refractivity contribution >= 4 is 11.4 Å². The first-order valence-corrected chi connectivity index (χ1v) is 14.3. The average Bonchev–Trinajstić information content (AvgIpc) is 3.46. The third-order valence-corrected chi connectivity index (χ3v) is 7.84. The summed E-state index contributed by atoms with van der Waals surface area (Å²) in [5.41, 5.74) is 10.8. The summed E-state index contributed by atoms with van der Waals surface area (Å²) in [7, 11) is 0. The average molecular weight is 533 g/mol. The smallest absolute Gasteiger partial charge is 0.130 e. The zero-order valence-electron chi connectivity index (χ0n) is 23.7. The van der Waals surface area contributed by atoms with Gasteiger partial charge in [-0.15, -0.1) is 6.42 Å². The molecule has 0 radical (unpaired) electrons. The lowest BCUT2D eigenvalue weighted by Gasteiger charge is -2.22. The van der Waals surface area contributed by atoms with E-state index in [4.69, 9.17) is 6.42 Å². The Hall–Kier alpha value is -4.67. The van der Waals surface area contributed by atoms with Crippen LogP contribution in [0, 0.1) is 18.3 Å². The van der Waals surface area contributed by atoms with E-state index in [-0.39, 0.29) is 17.6 Å². The van der Waals surface area contributed by atoms with Crippen molar-refractivity contribution in [2.75, 3.05) is 0 Å². The minimum atomic E-state index is 0.107. The maximum absolute atomic E-state index is 11.6. The number of Topliss-reactive ketones (excluding diaryl/α,β-unsaturated/α-hetero) is 1. The van der Waals surface area contributed by atoms with E-state index < -0.39 is 0 Å². The molecule has 0 N–H and O–H groups in total. The SMILES string of the molecule is C#Cc1ccc(Cc2ccc(C(C(=C)CCc3ccccc3)c3ccc(C4=CC(CC(C)=O)C=C4)cc3)cc2)cc1. The number of allylic oxidation sites excluding steroid dienone is 5. The topological polar surface area (TPSA) is 17.1 Å². The highest BCUT2D eigenvalue weighted by Crippen LogP contribution is 2.35. The summed E-state index contributed by atoms with van der Waals surface area (Å²) in [6, 6.07) is 36.7. The molecule has 0 aliphatic heterocycles. The molecular weight excluding hydrogens is 496 g/mol. The van der Waals surface area contributed by atoms with Gasteiger partial charge in [0, 0.05) is 23.8 Å². The minimum Gasteiger partial charge on any atom is -0.300 e. The van der Waals surface area contributed by atoms with Crippen molar-refractivity contribution in [3.8, 4) is 12.3 Å². The molecule has 0 spiro atoms. The fourth-order valence-corrected chi connectivity index (χ4v) is 5.63. The molecule has 0 saturated heterocycles. The predicted molar refractivity (Wildman–Crippen MR) is 172 cm³/mol. The lowest BCUT2D eigenvalue weighted by Crippen LogP contribution is -2.06. The molecule has 202 valence electrons. The van der Waals surface area contributed by atoms with Gasteiger partial charge in [0.15, 0.2) is 0 Å². The van der Waals surface area contributed by atoms with Gasteiger partial charge in [0.05, 0.1) is 0 Å². The molecule has 0 aromatic heterocycles. The molecule has 41 heavy (non-hydrogen) atoms. The summed E-state index contributed by atoms with van der Waals surface area (Å²) in [5.74, 6) is 3.21. The van der Waals surface area contributed by atoms with Gasteiger partial charge in [0.2, 0.25) is 0 Å². The van der Waals surface area contributed by atoms with E-state index in [0.29, 0.717) is 6.42 Å². The number of carbonyl (C=O) groups is 1. The van der Waals surface area contributed by atoms with E-state index >= 15 is 0 Å². The molecule has 4 aromatic rings. The van der Waals surface area contributed by atoms with Crippen LogP contribution in [0.5, 0.6) is 0 Å². The fraction of sp³-hybridized carbons (Fsp3) is 0.175. The molecule has 0 amide bonds. The van der Waals surface area contributed by atoms with Gasteiger partial charge >= 0.3 is 0 Å². The fourth-order valence-electron chi connectivity index (χ4n) is 5.63. The van der Waals surface area contributed by atoms with Gasteiger partial charge in [-0.05, 0) is 77.3 Å². The molecule has 4 aromatic carbocycles. The number of hydrogen-bond acceptors (Lipinski definition) is 1. The van der Waals surface area contributed by atoms with Crippen molar-refractivity contribution in [3.05, 3.63) is 172 Å². The van der Waals surface area contributed by atoms with Crippen LogP contribution in [0.4, 0.5) is 0 Å². The van der Waals surface area contributed by atoms with Gasteiger partial charge in [-0.3, -0.25) is 4.79 Å². The Balaban J connectivity index is 1.37. The first-order valence-electron chi connectivity index (χ1n) is 14.3. The highest BCUT2D eigenvalue weighted by Gasteiger charge is 2.19. The van der Waals surface area contributed by atoms with Crippen LogP contribution in [-0.2, 0) is 17.6 Å². The Morgan fingerprint density at radius 1 is 0.829 bits per heavy atom. The normalized spacial score (nSPS) is 14.7. The van der Waals surface area contributed by atoms with Crippen LogP contribution < -0.4 is 0 Å². The number of hydrogen-bond donors (Lipinski definition) is 0. The molecular formula is C40H36O. The Morgan fingerprint density at radius 3 is 2.05 bits per heavy atom. The van der Waals surface area contributed by atoms with Crippen molar-refractivity contribution < 1.29 is 4.79 Å². The molecule has 0 heterocycles. The molecule has 1 heteroatoms. The van der Waals surface area contributed by atoms with Crippen molar-refractivity contribution in [1.29, 1.82) is 0 Å². The minimum absolute atomic E-state index is 0.107. The van der Waals surface area contributed by atoms with E-state index in [1.165, 1.54) is 44.5 Å². The number of benzene rings is 4. The summed E-state index contributed by atoms with van der Waals surface area (Å²) in [5, 5.41) is 0. The molecule has 2 atom stereocenters. The Morgan fingerprint density at radius 2 is 1.44 bits per heavy atom. The highest BCUT2D eigenvalue weighted by molar-refractivity contribution is 5.81. The summed E-state index contributed by atoms with van der Waals surface area (Å²) < 4.78 is 0. The summed E-state index contributed by atoms with van der Waals surface area (Å²) in [4.78, 5) is 11.6. The van der Waals surface area contributed by atoms with Gasteiger partial charge in [-0.2, -0.15) is 0 Å². The van der Waals surface area contributed by atoms with Gasteiger partial charge in [0.25, 0.3) is 0 Å². The standard InChI is InChI=1S/C40H36O/c1-4-31-12-14-33(15-13-31)27-34-16-19-37(20-17-34)40(29(2)10-11-32-8-6-5-7-9-32)38-24-22-36(23-25-38)39-21-18-35(28-39)26-30(3)41/h1,5-9,12-25,28,35,40H,2,10-11,26-27H2,3H3. The van der Waals surface area contributed by atoms with Crippen molar-refractivity contribution in [1.82, 2.24) is 0 Å². The number of carbonyl (C=O) groups excluding carboxylic acids is 1. The van der Waals surface area contributed by atoms with E-state index in [0.717, 1.165) is 24.8 Å². The van der Waals surface area contributed by atoms with Crippen LogP contribution in [0.1, 0.15) is 64.6 Å². The first kappa shape index (κ1) is 27.9. The predicted octanol–water partition coefficient (Wildman–Crippen LogP) is 9.13. The second kappa shape index (κ2) is 13.1. The first-order chi connectivity index (χ1) is 20.0. The lowest BCUT2D eigenvalue weighted by atomic mass is 9.82. The Labute approximate surface area is 245 Å². The van der Waals surface area contributed by atoms with Crippen LogP contribution >= 0.6 is 0 Å². The van der Waals surface area contributed by atoms with Crippen LogP contribution in [0.2, 0.25) is 0 Å². The zero-order chi connectivity index (χ0) is 28.6. The van der Waals surface area contributed by atoms with Crippen LogP contribution in [0.3, 0.4) is 0 Å². The van der Waals surface area contributed by atoms with Crippen LogP contribution in [-0.4, -0.2) is 5.78 Å². The van der Waals surface area contributed by atoms with E-state index in [2.05, 4.69) is 122 Å². The van der Waals surface area contributed by atoms with Crippen molar-refractivity contribution in [3.63, 3.8) is 0 Å². The Bertz CT molecular complexity index is 1590. The third kappa shape index (κ3) is 7.30. The summed E-state index contributed by atoms with van der Waals surface area (Å²) in [6.45, 7) is 6.25. The third-order valence-electron chi connectivity index (χ3n) is 7.84. The maximum Gasteiger partial charge on any atom is 0.130 e. The number of aryl methyl sites for hydroxylation is 1. The van der Waals surface area contributed by atoms with Gasteiger partial charge < -0.3 is 0 Å². The molecule has 0 fully saturated rings. The number of rotatable bonds is 11. The van der Waals surface area contributed by atoms with Gasteiger partial charge in [-0.25, -0.2) is 0 Å². The maximum atomic E-state index is 11.6. The van der Waals surface area contributed by atoms with Crippen molar-refractivity contribution in [2.24, 2.45) is 5.92 Å². The largest absolute Gasteiger partial charge is 0.300 e. The number of terminal acetylenes is 1. The second-order valence-electron chi connectivity index (χ2n) is 11.0. The van der Waals surface area contributed by atoms with E-state index in [1.54, 1.807) is 6.92 Å². The molecule has 0 saturated carbocycles. The molecule has 2 unspecified atom stereocenters. The Kier molecular flexibility index (Phi) is 8.92. The quantitative estimate of drug-likeness (QED) is 0.139. The van der Waals surface area contributed by atoms with E-state index in [9.17, 15) is 4.79 Å². The molecule has 1 aliphatic carbocycles.